The maximum atomic E-state index is 13.0. The van der Waals surface area contributed by atoms with Gasteiger partial charge in [-0.2, -0.15) is 0 Å². The second-order valence-electron chi connectivity index (χ2n) is 13.5. The van der Waals surface area contributed by atoms with Gasteiger partial charge in [0.05, 0.1) is 22.8 Å². The third-order valence-corrected chi connectivity index (χ3v) is 10.1. The van der Waals surface area contributed by atoms with E-state index in [-0.39, 0.29) is 12.5 Å². The normalized spacial score (nSPS) is 13.4. The largest absolute Gasteiger partial charge is 0.493 e. The van der Waals surface area contributed by atoms with Crippen LogP contribution < -0.4 is 14.2 Å². The van der Waals surface area contributed by atoms with Gasteiger partial charge in [0, 0.05) is 56.9 Å². The minimum Gasteiger partial charge on any atom is -0.493 e. The highest BCUT2D eigenvalue weighted by Crippen LogP contribution is 2.29. The van der Waals surface area contributed by atoms with Crippen molar-refractivity contribution in [3.8, 4) is 23.1 Å². The van der Waals surface area contributed by atoms with Gasteiger partial charge in [-0.05, 0) is 83.1 Å². The van der Waals surface area contributed by atoms with Crippen LogP contribution in [0.1, 0.15) is 53.1 Å². The molecule has 0 unspecified atom stereocenters. The number of carbonyl (C=O) groups is 1. The molecule has 1 fully saturated rings. The van der Waals surface area contributed by atoms with Crippen LogP contribution in [0.25, 0.3) is 6.08 Å². The number of pyridine rings is 1. The van der Waals surface area contributed by atoms with Gasteiger partial charge in [-0.25, -0.2) is 4.98 Å². The first-order chi connectivity index (χ1) is 25.7. The Morgan fingerprint density at radius 2 is 1.58 bits per heavy atom. The molecule has 0 N–H and O–H groups in total. The fourth-order valence-electron chi connectivity index (χ4n) is 6.04. The van der Waals surface area contributed by atoms with Crippen LogP contribution in [0.4, 0.5) is 0 Å². The fraction of sp³-hybridized carbons (Fsp3) is 0.273. The van der Waals surface area contributed by atoms with Crippen LogP contribution in [0.3, 0.4) is 0 Å². The molecule has 0 spiro atoms. The molecular formula is C44H45Cl2N3O4. The lowest BCUT2D eigenvalue weighted by atomic mass is 10.0. The zero-order chi connectivity index (χ0) is 37.2. The molecule has 53 heavy (non-hydrogen) atoms. The van der Waals surface area contributed by atoms with Crippen molar-refractivity contribution < 1.29 is 19.0 Å². The topological polar surface area (TPSA) is 64.1 Å². The van der Waals surface area contributed by atoms with Crippen LogP contribution in [0.5, 0.6) is 23.1 Å². The third kappa shape index (κ3) is 10.9. The smallest absolute Gasteiger partial charge is 0.246 e. The first-order valence-electron chi connectivity index (χ1n) is 18.0. The average Bonchev–Trinajstić information content (AvgIpc) is 3.17. The van der Waals surface area contributed by atoms with Crippen molar-refractivity contribution in [2.24, 2.45) is 0 Å². The van der Waals surface area contributed by atoms with Crippen LogP contribution in [-0.4, -0.2) is 53.5 Å². The second kappa shape index (κ2) is 18.3. The second-order valence-corrected chi connectivity index (χ2v) is 14.3. The lowest BCUT2D eigenvalue weighted by molar-refractivity contribution is -0.127. The maximum absolute atomic E-state index is 13.0. The molecule has 1 aliphatic rings. The average molecular weight is 751 g/mol. The minimum absolute atomic E-state index is 0.0224. The van der Waals surface area contributed by atoms with Gasteiger partial charge < -0.3 is 19.1 Å². The van der Waals surface area contributed by atoms with Gasteiger partial charge in [0.15, 0.2) is 0 Å². The number of benzene rings is 4. The number of amides is 1. The summed E-state index contributed by atoms with van der Waals surface area (Å²) in [4.78, 5) is 21.7. The summed E-state index contributed by atoms with van der Waals surface area (Å²) < 4.78 is 17.8. The van der Waals surface area contributed by atoms with Crippen molar-refractivity contribution in [2.45, 2.75) is 46.3 Å². The molecule has 9 heteroatoms. The number of aromatic nitrogens is 1. The number of aryl methyl sites for hydroxylation is 1. The van der Waals surface area contributed by atoms with E-state index >= 15 is 0 Å². The Morgan fingerprint density at radius 3 is 2.28 bits per heavy atom. The molecule has 1 saturated heterocycles. The quantitative estimate of drug-likeness (QED) is 0.105. The van der Waals surface area contributed by atoms with E-state index < -0.39 is 0 Å². The Morgan fingerprint density at radius 1 is 0.849 bits per heavy atom. The predicted octanol–water partition coefficient (Wildman–Crippen LogP) is 10.2. The van der Waals surface area contributed by atoms with Crippen LogP contribution in [-0.2, 0) is 24.4 Å². The Bertz CT molecular complexity index is 1990. The van der Waals surface area contributed by atoms with E-state index in [1.54, 1.807) is 30.5 Å². The number of carbonyl (C=O) groups excluding carboxylic acids is 1. The highest BCUT2D eigenvalue weighted by atomic mass is 35.5. The summed E-state index contributed by atoms with van der Waals surface area (Å²) in [5.41, 5.74) is 6.51. The number of nitrogens with zero attached hydrogens (tertiary/aromatic N) is 3. The molecule has 1 aromatic heterocycles. The first kappa shape index (κ1) is 37.9. The molecule has 0 atom stereocenters. The molecule has 2 heterocycles. The summed E-state index contributed by atoms with van der Waals surface area (Å²) in [6.45, 7) is 11.2. The van der Waals surface area contributed by atoms with Gasteiger partial charge in [-0.15, -0.1) is 0 Å². The van der Waals surface area contributed by atoms with Crippen molar-refractivity contribution in [3.05, 3.63) is 153 Å². The maximum Gasteiger partial charge on any atom is 0.246 e. The molecule has 274 valence electrons. The molecule has 1 aliphatic heterocycles. The number of hydrogen-bond acceptors (Lipinski definition) is 6. The number of hydrogen-bond donors (Lipinski definition) is 0. The van der Waals surface area contributed by atoms with Crippen LogP contribution >= 0.6 is 23.2 Å². The summed E-state index contributed by atoms with van der Waals surface area (Å²) >= 11 is 12.3. The van der Waals surface area contributed by atoms with Crippen molar-refractivity contribution in [2.75, 3.05) is 32.8 Å². The van der Waals surface area contributed by atoms with E-state index in [1.165, 1.54) is 16.7 Å². The van der Waals surface area contributed by atoms with E-state index in [1.807, 2.05) is 48.2 Å². The molecule has 0 aliphatic carbocycles. The van der Waals surface area contributed by atoms with E-state index in [9.17, 15) is 4.79 Å². The molecule has 0 radical (unpaired) electrons. The van der Waals surface area contributed by atoms with Gasteiger partial charge in [0.2, 0.25) is 11.8 Å². The van der Waals surface area contributed by atoms with Crippen molar-refractivity contribution in [3.63, 3.8) is 0 Å². The van der Waals surface area contributed by atoms with E-state index in [4.69, 9.17) is 37.4 Å². The summed E-state index contributed by atoms with van der Waals surface area (Å²) in [7, 11) is 0. The van der Waals surface area contributed by atoms with E-state index in [0.717, 1.165) is 48.5 Å². The van der Waals surface area contributed by atoms with Crippen molar-refractivity contribution >= 4 is 35.2 Å². The standard InChI is InChI=1S/C44H45Cl2N3O4/c1-31(2)36-13-15-38(16-14-36)51-26-21-33-7-9-35(10-8-33)29-48-22-24-49(25-23-48)43(50)20-12-34-11-18-41(32(3)27-34)53-42-19-17-39(28-47-42)52-30-37-5-4-6-40(45)44(37)46/h4-20,27-28,31H,21-26,29-30H2,1-3H3/b20-12+. The van der Waals surface area contributed by atoms with Gasteiger partial charge >= 0.3 is 0 Å². The van der Waals surface area contributed by atoms with Crippen LogP contribution in [0.15, 0.2) is 109 Å². The van der Waals surface area contributed by atoms with Gasteiger partial charge in [-0.3, -0.25) is 9.69 Å². The summed E-state index contributed by atoms with van der Waals surface area (Å²) in [6, 6.07) is 32.0. The Hall–Kier alpha value is -4.82. The monoisotopic (exact) mass is 749 g/mol. The van der Waals surface area contributed by atoms with Crippen molar-refractivity contribution in [1.29, 1.82) is 0 Å². The van der Waals surface area contributed by atoms with E-state index in [0.29, 0.717) is 53.0 Å². The molecule has 0 saturated carbocycles. The zero-order valence-electron chi connectivity index (χ0n) is 30.4. The Kier molecular flexibility index (Phi) is 13.1. The molecule has 5 aromatic rings. The lowest BCUT2D eigenvalue weighted by Crippen LogP contribution is -2.47. The third-order valence-electron chi connectivity index (χ3n) is 9.29. The van der Waals surface area contributed by atoms with Gasteiger partial charge in [-0.1, -0.05) is 91.6 Å². The Labute approximate surface area is 322 Å². The molecule has 1 amide bonds. The van der Waals surface area contributed by atoms with E-state index in [2.05, 4.69) is 72.3 Å². The SMILES string of the molecule is Cc1cc(/C=C/C(=O)N2CCN(Cc3ccc(CCOc4ccc(C(C)C)cc4)cc3)CC2)ccc1Oc1ccc(OCc2cccc(Cl)c2Cl)cn1. The molecule has 0 bridgehead atoms. The molecular weight excluding hydrogens is 705 g/mol. The first-order valence-corrected chi connectivity index (χ1v) is 18.8. The number of ether oxygens (including phenoxy) is 3. The Balaban J connectivity index is 0.907. The highest BCUT2D eigenvalue weighted by Gasteiger charge is 2.20. The van der Waals surface area contributed by atoms with Gasteiger partial charge in [0.25, 0.3) is 0 Å². The summed E-state index contributed by atoms with van der Waals surface area (Å²) in [6.07, 6.45) is 5.99. The lowest BCUT2D eigenvalue weighted by Gasteiger charge is -2.34. The fourth-order valence-corrected chi connectivity index (χ4v) is 6.42. The summed E-state index contributed by atoms with van der Waals surface area (Å²) in [5, 5.41) is 0.970. The minimum atomic E-state index is 0.0224. The van der Waals surface area contributed by atoms with Crippen LogP contribution in [0, 0.1) is 6.92 Å². The number of piperazine rings is 1. The van der Waals surface area contributed by atoms with Gasteiger partial charge in [0.1, 0.15) is 23.9 Å². The molecule has 4 aromatic carbocycles. The van der Waals surface area contributed by atoms with Crippen LogP contribution in [0.2, 0.25) is 10.0 Å². The summed E-state index contributed by atoms with van der Waals surface area (Å²) in [5.74, 6) is 3.17. The number of halogens is 2. The van der Waals surface area contributed by atoms with Crippen molar-refractivity contribution in [1.82, 2.24) is 14.8 Å². The number of rotatable bonds is 14. The molecule has 6 rings (SSSR count). The highest BCUT2D eigenvalue weighted by molar-refractivity contribution is 6.42. The zero-order valence-corrected chi connectivity index (χ0v) is 31.9. The molecule has 7 nitrogen and oxygen atoms in total. The predicted molar refractivity (Wildman–Crippen MR) is 213 cm³/mol.